The molecule has 0 aromatic heterocycles. The molecule has 0 saturated carbocycles. The summed E-state index contributed by atoms with van der Waals surface area (Å²) in [4.78, 5) is 2.41. The number of fused-ring (bicyclic) bond motifs is 1. The number of benzene rings is 1. The molecule has 1 unspecified atom stereocenters. The van der Waals surface area contributed by atoms with Crippen LogP contribution in [0, 0.1) is 0 Å². The van der Waals surface area contributed by atoms with Crippen molar-refractivity contribution in [2.24, 2.45) is 0 Å². The Bertz CT molecular complexity index is 431. The first-order chi connectivity index (χ1) is 8.49. The molecule has 0 aliphatic carbocycles. The Balaban J connectivity index is 2.50. The molecule has 1 heterocycles. The molecule has 1 atom stereocenters. The molecule has 1 aromatic carbocycles. The summed E-state index contributed by atoms with van der Waals surface area (Å²) >= 11 is 5.97. The van der Waals surface area contributed by atoms with Crippen molar-refractivity contribution in [3.05, 3.63) is 23.8 Å². The molecule has 18 heavy (non-hydrogen) atoms. The van der Waals surface area contributed by atoms with Gasteiger partial charge in [-0.25, -0.2) is 0 Å². The lowest BCUT2D eigenvalue weighted by molar-refractivity contribution is 0.378. The highest BCUT2D eigenvalue weighted by atomic mass is 35.5. The van der Waals surface area contributed by atoms with Gasteiger partial charge < -0.3 is 9.64 Å². The van der Waals surface area contributed by atoms with E-state index in [2.05, 4.69) is 37.8 Å². The topological polar surface area (TPSA) is 12.5 Å². The van der Waals surface area contributed by atoms with Gasteiger partial charge in [-0.2, -0.15) is 0 Å². The number of halogens is 1. The fraction of sp³-hybridized carbons (Fsp3) is 0.600. The van der Waals surface area contributed by atoms with E-state index in [1.807, 2.05) is 6.07 Å². The van der Waals surface area contributed by atoms with E-state index in [4.69, 9.17) is 16.3 Å². The van der Waals surface area contributed by atoms with Crippen molar-refractivity contribution >= 4 is 17.3 Å². The zero-order chi connectivity index (χ0) is 13.3. The minimum atomic E-state index is 0.146. The molecular weight excluding hydrogens is 246 g/mol. The number of rotatable bonds is 3. The fourth-order valence-electron chi connectivity index (χ4n) is 3.10. The van der Waals surface area contributed by atoms with Gasteiger partial charge in [0.15, 0.2) is 0 Å². The van der Waals surface area contributed by atoms with Gasteiger partial charge in [0, 0.05) is 29.7 Å². The molecule has 2 nitrogen and oxygen atoms in total. The molecule has 100 valence electrons. The molecule has 0 fully saturated rings. The third kappa shape index (κ3) is 2.31. The third-order valence-corrected chi connectivity index (χ3v) is 4.07. The summed E-state index contributed by atoms with van der Waals surface area (Å²) in [5, 5.41) is 0. The Morgan fingerprint density at radius 3 is 2.78 bits per heavy atom. The van der Waals surface area contributed by atoms with E-state index in [1.54, 1.807) is 7.11 Å². The zero-order valence-electron chi connectivity index (χ0n) is 11.7. The molecule has 0 radical (unpaired) electrons. The van der Waals surface area contributed by atoms with Gasteiger partial charge in [0.2, 0.25) is 0 Å². The summed E-state index contributed by atoms with van der Waals surface area (Å²) < 4.78 is 5.35. The van der Waals surface area contributed by atoms with E-state index >= 15 is 0 Å². The van der Waals surface area contributed by atoms with E-state index in [9.17, 15) is 0 Å². The Morgan fingerprint density at radius 1 is 1.44 bits per heavy atom. The van der Waals surface area contributed by atoms with Gasteiger partial charge in [-0.15, -0.1) is 11.6 Å². The first-order valence-corrected chi connectivity index (χ1v) is 7.04. The van der Waals surface area contributed by atoms with Crippen molar-refractivity contribution in [2.75, 3.05) is 24.4 Å². The minimum absolute atomic E-state index is 0.146. The highest BCUT2D eigenvalue weighted by Gasteiger charge is 2.35. The number of anilines is 1. The Hall–Kier alpha value is -0.890. The predicted octanol–water partition coefficient (Wildman–Crippen LogP) is 4.03. The van der Waals surface area contributed by atoms with E-state index < -0.39 is 0 Å². The molecule has 0 N–H and O–H groups in total. The lowest BCUT2D eigenvalue weighted by Crippen LogP contribution is -2.49. The Labute approximate surface area is 115 Å². The fourth-order valence-corrected chi connectivity index (χ4v) is 3.27. The van der Waals surface area contributed by atoms with Crippen molar-refractivity contribution in [2.45, 2.75) is 38.6 Å². The number of methoxy groups -OCH3 is 1. The van der Waals surface area contributed by atoms with Crippen LogP contribution in [0.2, 0.25) is 0 Å². The maximum Gasteiger partial charge on any atom is 0.120 e. The van der Waals surface area contributed by atoms with Crippen LogP contribution in [-0.2, 0) is 0 Å². The van der Waals surface area contributed by atoms with Crippen molar-refractivity contribution in [1.82, 2.24) is 0 Å². The predicted molar refractivity (Wildman–Crippen MR) is 78.2 cm³/mol. The zero-order valence-corrected chi connectivity index (χ0v) is 12.4. The van der Waals surface area contributed by atoms with Crippen LogP contribution in [0.15, 0.2) is 18.2 Å². The lowest BCUT2D eigenvalue weighted by atomic mass is 9.80. The van der Waals surface area contributed by atoms with E-state index in [1.165, 1.54) is 11.3 Å². The van der Waals surface area contributed by atoms with E-state index in [-0.39, 0.29) is 5.54 Å². The monoisotopic (exact) mass is 267 g/mol. The smallest absolute Gasteiger partial charge is 0.120 e. The largest absolute Gasteiger partial charge is 0.497 e. The normalized spacial score (nSPS) is 21.6. The second-order valence-electron chi connectivity index (χ2n) is 5.68. The molecule has 1 aromatic rings. The molecule has 2 rings (SSSR count). The first-order valence-electron chi connectivity index (χ1n) is 6.51. The van der Waals surface area contributed by atoms with Gasteiger partial charge in [-0.1, -0.05) is 13.0 Å². The second-order valence-corrected chi connectivity index (χ2v) is 6.06. The van der Waals surface area contributed by atoms with Gasteiger partial charge in [0.1, 0.15) is 5.75 Å². The molecule has 1 aliphatic heterocycles. The summed E-state index contributed by atoms with van der Waals surface area (Å²) in [6.45, 7) is 7.75. The maximum absolute atomic E-state index is 5.97. The molecule has 0 bridgehead atoms. The quantitative estimate of drug-likeness (QED) is 0.767. The third-order valence-electron chi connectivity index (χ3n) is 3.90. The number of alkyl halides is 1. The minimum Gasteiger partial charge on any atom is -0.497 e. The molecule has 0 spiro atoms. The molecule has 0 amide bonds. The van der Waals surface area contributed by atoms with Crippen LogP contribution in [0.1, 0.15) is 38.7 Å². The van der Waals surface area contributed by atoms with Crippen LogP contribution in [0.25, 0.3) is 0 Å². The van der Waals surface area contributed by atoms with Gasteiger partial charge in [-0.05, 0) is 37.8 Å². The van der Waals surface area contributed by atoms with E-state index in [0.29, 0.717) is 11.8 Å². The highest BCUT2D eigenvalue weighted by molar-refractivity contribution is 6.18. The first kappa shape index (κ1) is 13.5. The second kappa shape index (κ2) is 5.00. The van der Waals surface area contributed by atoms with E-state index in [0.717, 1.165) is 18.7 Å². The van der Waals surface area contributed by atoms with Gasteiger partial charge >= 0.3 is 0 Å². The number of nitrogens with zero attached hydrogens (tertiary/aromatic N) is 1. The van der Waals surface area contributed by atoms with Crippen molar-refractivity contribution in [3.8, 4) is 5.75 Å². The maximum atomic E-state index is 5.97. The number of hydrogen-bond acceptors (Lipinski definition) is 2. The average molecular weight is 268 g/mol. The van der Waals surface area contributed by atoms with Gasteiger partial charge in [0.25, 0.3) is 0 Å². The van der Waals surface area contributed by atoms with Crippen molar-refractivity contribution < 1.29 is 4.74 Å². The van der Waals surface area contributed by atoms with Crippen molar-refractivity contribution in [1.29, 1.82) is 0 Å². The van der Waals surface area contributed by atoms with Crippen LogP contribution in [-0.4, -0.2) is 25.1 Å². The molecular formula is C15H22ClNO. The van der Waals surface area contributed by atoms with Crippen molar-refractivity contribution in [3.63, 3.8) is 0 Å². The summed E-state index contributed by atoms with van der Waals surface area (Å²) in [6.07, 6.45) is 1.16. The Kier molecular flexibility index (Phi) is 3.76. The standard InChI is InChI=1S/C15H22ClNO/c1-11-10-15(2,3)17(8-7-16)14-9-12(18-4)5-6-13(11)14/h5-6,9,11H,7-8,10H2,1-4H3. The van der Waals surface area contributed by atoms with Crippen LogP contribution in [0.4, 0.5) is 5.69 Å². The molecule has 3 heteroatoms. The summed E-state index contributed by atoms with van der Waals surface area (Å²) in [6, 6.07) is 6.38. The average Bonchev–Trinajstić information content (AvgIpc) is 2.33. The number of hydrogen-bond donors (Lipinski definition) is 0. The van der Waals surface area contributed by atoms with Gasteiger partial charge in [0.05, 0.1) is 7.11 Å². The summed E-state index contributed by atoms with van der Waals surface area (Å²) in [7, 11) is 1.71. The lowest BCUT2D eigenvalue weighted by Gasteiger charge is -2.47. The highest BCUT2D eigenvalue weighted by Crippen LogP contribution is 2.44. The van der Waals surface area contributed by atoms with Gasteiger partial charge in [-0.3, -0.25) is 0 Å². The molecule has 1 aliphatic rings. The summed E-state index contributed by atoms with van der Waals surface area (Å²) in [5.41, 5.74) is 2.83. The van der Waals surface area contributed by atoms with Crippen LogP contribution in [0.5, 0.6) is 5.75 Å². The molecule has 0 saturated heterocycles. The Morgan fingerprint density at radius 2 is 2.17 bits per heavy atom. The number of ether oxygens (including phenoxy) is 1. The SMILES string of the molecule is COc1ccc2c(c1)N(CCCl)C(C)(C)CC2C. The van der Waals surface area contributed by atoms with Crippen LogP contribution in [0.3, 0.4) is 0 Å². The summed E-state index contributed by atoms with van der Waals surface area (Å²) in [5.74, 6) is 2.14. The van der Waals surface area contributed by atoms with Crippen LogP contribution < -0.4 is 9.64 Å². The van der Waals surface area contributed by atoms with Crippen LogP contribution >= 0.6 is 11.6 Å².